The number of nitrogens with one attached hydrogen (secondary N) is 1. The highest BCUT2D eigenvalue weighted by molar-refractivity contribution is 6.04. The van der Waals surface area contributed by atoms with Gasteiger partial charge in [-0.2, -0.15) is 0 Å². The molecule has 6 heteroatoms. The molecular formula is C17H15FN2O3. The summed E-state index contributed by atoms with van der Waals surface area (Å²) in [5, 5.41) is 2.56. The number of carbonyl (C=O) groups excluding carboxylic acids is 3. The van der Waals surface area contributed by atoms with Crippen molar-refractivity contribution in [2.75, 3.05) is 5.32 Å². The van der Waals surface area contributed by atoms with Gasteiger partial charge in [0.15, 0.2) is 5.78 Å². The van der Waals surface area contributed by atoms with Crippen molar-refractivity contribution in [2.24, 2.45) is 5.73 Å². The van der Waals surface area contributed by atoms with Gasteiger partial charge in [-0.1, -0.05) is 12.1 Å². The van der Waals surface area contributed by atoms with E-state index >= 15 is 0 Å². The van der Waals surface area contributed by atoms with Crippen LogP contribution in [0.4, 0.5) is 10.1 Å². The maximum absolute atomic E-state index is 12.8. The third-order valence-electron chi connectivity index (χ3n) is 3.21. The Hall–Kier alpha value is -3.02. The molecule has 2 amide bonds. The average molecular weight is 314 g/mol. The fraction of sp³-hybridized carbons (Fsp3) is 0.118. The Morgan fingerprint density at radius 2 is 1.61 bits per heavy atom. The fourth-order valence-electron chi connectivity index (χ4n) is 2.03. The number of hydrogen-bond acceptors (Lipinski definition) is 3. The standard InChI is InChI=1S/C17H15FN2O3/c18-12-7-5-11(6-8-12)15(21)9-10-16(22)20-14-4-2-1-3-13(14)17(19)23/h1-8H,9-10H2,(H2,19,23)(H,20,22). The van der Waals surface area contributed by atoms with Crippen LogP contribution >= 0.6 is 0 Å². The van der Waals surface area contributed by atoms with Crippen LogP contribution in [0.2, 0.25) is 0 Å². The van der Waals surface area contributed by atoms with Crippen molar-refractivity contribution in [3.8, 4) is 0 Å². The van der Waals surface area contributed by atoms with Gasteiger partial charge in [0.2, 0.25) is 5.91 Å². The molecule has 0 spiro atoms. The number of ketones is 1. The van der Waals surface area contributed by atoms with Gasteiger partial charge in [0.1, 0.15) is 5.82 Å². The number of anilines is 1. The van der Waals surface area contributed by atoms with Crippen LogP contribution in [0.1, 0.15) is 33.6 Å². The molecule has 0 bridgehead atoms. The van der Waals surface area contributed by atoms with Crippen molar-refractivity contribution in [2.45, 2.75) is 12.8 Å². The van der Waals surface area contributed by atoms with Gasteiger partial charge in [-0.25, -0.2) is 4.39 Å². The van der Waals surface area contributed by atoms with Crippen molar-refractivity contribution in [1.82, 2.24) is 0 Å². The molecule has 0 aliphatic rings. The highest BCUT2D eigenvalue weighted by Crippen LogP contribution is 2.15. The Labute approximate surface area is 132 Å². The van der Waals surface area contributed by atoms with Gasteiger partial charge < -0.3 is 11.1 Å². The predicted molar refractivity (Wildman–Crippen MR) is 83.6 cm³/mol. The summed E-state index contributed by atoms with van der Waals surface area (Å²) in [4.78, 5) is 35.1. The topological polar surface area (TPSA) is 89.3 Å². The van der Waals surface area contributed by atoms with Gasteiger partial charge in [0.25, 0.3) is 5.91 Å². The van der Waals surface area contributed by atoms with E-state index in [4.69, 9.17) is 5.73 Å². The smallest absolute Gasteiger partial charge is 0.250 e. The molecule has 0 fully saturated rings. The quantitative estimate of drug-likeness (QED) is 0.803. The first kappa shape index (κ1) is 16.4. The van der Waals surface area contributed by atoms with Crippen LogP contribution in [0.15, 0.2) is 48.5 Å². The molecule has 0 unspecified atom stereocenters. The van der Waals surface area contributed by atoms with Gasteiger partial charge in [0.05, 0.1) is 11.3 Å². The van der Waals surface area contributed by atoms with Crippen molar-refractivity contribution >= 4 is 23.3 Å². The first-order valence-electron chi connectivity index (χ1n) is 6.95. The van der Waals surface area contributed by atoms with Crippen molar-refractivity contribution < 1.29 is 18.8 Å². The van der Waals surface area contributed by atoms with E-state index < -0.39 is 17.6 Å². The van der Waals surface area contributed by atoms with Crippen LogP contribution in [0, 0.1) is 5.82 Å². The Balaban J connectivity index is 1.94. The molecule has 2 rings (SSSR count). The number of para-hydroxylation sites is 1. The lowest BCUT2D eigenvalue weighted by molar-refractivity contribution is -0.116. The van der Waals surface area contributed by atoms with Crippen molar-refractivity contribution in [3.05, 3.63) is 65.5 Å². The number of primary amides is 1. The molecular weight excluding hydrogens is 299 g/mol. The van der Waals surface area contributed by atoms with Gasteiger partial charge in [-0.05, 0) is 36.4 Å². The minimum Gasteiger partial charge on any atom is -0.366 e. The second-order valence-corrected chi connectivity index (χ2v) is 4.89. The number of carbonyl (C=O) groups is 3. The molecule has 2 aromatic rings. The minimum atomic E-state index is -0.650. The van der Waals surface area contributed by atoms with E-state index in [-0.39, 0.29) is 24.2 Å². The van der Waals surface area contributed by atoms with Crippen LogP contribution in [-0.2, 0) is 4.79 Å². The lowest BCUT2D eigenvalue weighted by Gasteiger charge is -2.08. The van der Waals surface area contributed by atoms with E-state index in [2.05, 4.69) is 5.32 Å². The molecule has 23 heavy (non-hydrogen) atoms. The van der Waals surface area contributed by atoms with Crippen molar-refractivity contribution in [3.63, 3.8) is 0 Å². The van der Waals surface area contributed by atoms with Gasteiger partial charge in [0, 0.05) is 18.4 Å². The first-order valence-corrected chi connectivity index (χ1v) is 6.95. The normalized spacial score (nSPS) is 10.1. The molecule has 5 nitrogen and oxygen atoms in total. The van der Waals surface area contributed by atoms with E-state index in [1.165, 1.54) is 30.3 Å². The average Bonchev–Trinajstić information content (AvgIpc) is 2.53. The van der Waals surface area contributed by atoms with Gasteiger partial charge in [-0.15, -0.1) is 0 Å². The minimum absolute atomic E-state index is 0.0177. The van der Waals surface area contributed by atoms with Crippen molar-refractivity contribution in [1.29, 1.82) is 0 Å². The number of nitrogens with two attached hydrogens (primary N) is 1. The summed E-state index contributed by atoms with van der Waals surface area (Å²) in [6.07, 6.45) is -0.0699. The molecule has 3 N–H and O–H groups in total. The zero-order valence-corrected chi connectivity index (χ0v) is 12.2. The van der Waals surface area contributed by atoms with Crippen LogP contribution < -0.4 is 11.1 Å². The summed E-state index contributed by atoms with van der Waals surface area (Å²) >= 11 is 0. The van der Waals surface area contributed by atoms with Gasteiger partial charge >= 0.3 is 0 Å². The molecule has 0 atom stereocenters. The Morgan fingerprint density at radius 3 is 2.26 bits per heavy atom. The molecule has 0 aliphatic heterocycles. The number of hydrogen-bond donors (Lipinski definition) is 2. The summed E-state index contributed by atoms with van der Waals surface area (Å²) in [5.41, 5.74) is 6.07. The monoisotopic (exact) mass is 314 g/mol. The molecule has 0 saturated carbocycles. The third kappa shape index (κ3) is 4.47. The van der Waals surface area contributed by atoms with E-state index in [0.29, 0.717) is 11.3 Å². The molecule has 2 aromatic carbocycles. The summed E-state index contributed by atoms with van der Waals surface area (Å²) in [6, 6.07) is 11.5. The second kappa shape index (κ2) is 7.31. The summed E-state index contributed by atoms with van der Waals surface area (Å²) in [5.74, 6) is -1.75. The molecule has 0 saturated heterocycles. The number of halogens is 1. The number of Topliss-reactive ketones (excluding diaryl/α,β-unsaturated/α-hetero) is 1. The third-order valence-corrected chi connectivity index (χ3v) is 3.21. The van der Waals surface area contributed by atoms with Gasteiger partial charge in [-0.3, -0.25) is 14.4 Å². The van der Waals surface area contributed by atoms with Crippen LogP contribution in [-0.4, -0.2) is 17.6 Å². The lowest BCUT2D eigenvalue weighted by Crippen LogP contribution is -2.18. The first-order chi connectivity index (χ1) is 11.0. The highest BCUT2D eigenvalue weighted by atomic mass is 19.1. The summed E-state index contributed by atoms with van der Waals surface area (Å²) in [6.45, 7) is 0. The second-order valence-electron chi connectivity index (χ2n) is 4.89. The zero-order valence-electron chi connectivity index (χ0n) is 12.2. The molecule has 0 radical (unpaired) electrons. The van der Waals surface area contributed by atoms with Crippen LogP contribution in [0.5, 0.6) is 0 Å². The van der Waals surface area contributed by atoms with E-state index in [0.717, 1.165) is 0 Å². The SMILES string of the molecule is NC(=O)c1ccccc1NC(=O)CCC(=O)c1ccc(F)cc1. The molecule has 0 heterocycles. The largest absolute Gasteiger partial charge is 0.366 e. The number of amides is 2. The highest BCUT2D eigenvalue weighted by Gasteiger charge is 2.12. The molecule has 118 valence electrons. The summed E-state index contributed by atoms with van der Waals surface area (Å²) < 4.78 is 12.8. The van der Waals surface area contributed by atoms with E-state index in [1.54, 1.807) is 18.2 Å². The molecule has 0 aliphatic carbocycles. The van der Waals surface area contributed by atoms with Crippen LogP contribution in [0.25, 0.3) is 0 Å². The van der Waals surface area contributed by atoms with E-state index in [1.807, 2.05) is 0 Å². The maximum atomic E-state index is 12.8. The fourth-order valence-corrected chi connectivity index (χ4v) is 2.03. The Morgan fingerprint density at radius 1 is 0.957 bits per heavy atom. The summed E-state index contributed by atoms with van der Waals surface area (Å²) in [7, 11) is 0. The molecule has 0 aromatic heterocycles. The number of rotatable bonds is 6. The lowest BCUT2D eigenvalue weighted by atomic mass is 10.1. The predicted octanol–water partition coefficient (Wildman–Crippen LogP) is 2.53. The maximum Gasteiger partial charge on any atom is 0.250 e. The Kier molecular flexibility index (Phi) is 5.19. The number of benzene rings is 2. The van der Waals surface area contributed by atoms with E-state index in [9.17, 15) is 18.8 Å². The zero-order chi connectivity index (χ0) is 16.8. The Bertz CT molecular complexity index is 742. The van der Waals surface area contributed by atoms with Crippen LogP contribution in [0.3, 0.4) is 0 Å².